The molecule has 2 heterocycles. The zero-order chi connectivity index (χ0) is 18.1. The van der Waals surface area contributed by atoms with Gasteiger partial charge in [-0.3, -0.25) is 14.5 Å². The molecule has 0 unspecified atom stereocenters. The molecule has 134 valence electrons. The van der Waals surface area contributed by atoms with Crippen LogP contribution in [0.1, 0.15) is 30.1 Å². The molecule has 0 aromatic heterocycles. The summed E-state index contributed by atoms with van der Waals surface area (Å²) in [6.07, 6.45) is 1.20. The van der Waals surface area contributed by atoms with Crippen LogP contribution in [0.15, 0.2) is 18.2 Å². The number of carbonyl (C=O) groups excluding carboxylic acids is 2. The molecule has 3 rings (SSSR count). The van der Waals surface area contributed by atoms with Crippen LogP contribution < -0.4 is 10.2 Å². The molecule has 2 atom stereocenters. The van der Waals surface area contributed by atoms with Crippen LogP contribution in [0, 0.1) is 5.92 Å². The molecule has 7 nitrogen and oxygen atoms in total. The molecule has 25 heavy (non-hydrogen) atoms. The number of urea groups is 1. The number of benzene rings is 1. The van der Waals surface area contributed by atoms with Crippen molar-refractivity contribution in [1.82, 2.24) is 10.2 Å². The van der Waals surface area contributed by atoms with E-state index < -0.39 is 17.9 Å². The Morgan fingerprint density at radius 2 is 2.08 bits per heavy atom. The zero-order valence-electron chi connectivity index (χ0n) is 13.9. The zero-order valence-corrected chi connectivity index (χ0v) is 14.6. The van der Waals surface area contributed by atoms with Gasteiger partial charge >= 0.3 is 12.0 Å². The van der Waals surface area contributed by atoms with Crippen molar-refractivity contribution in [3.05, 3.63) is 28.8 Å². The highest BCUT2D eigenvalue weighted by Crippen LogP contribution is 2.30. The lowest BCUT2D eigenvalue weighted by molar-refractivity contribution is -0.144. The molecular formula is C17H20ClN3O4. The van der Waals surface area contributed by atoms with Gasteiger partial charge in [-0.25, -0.2) is 4.79 Å². The first-order valence-electron chi connectivity index (χ1n) is 8.29. The summed E-state index contributed by atoms with van der Waals surface area (Å²) in [5, 5.41) is 12.3. The van der Waals surface area contributed by atoms with E-state index in [4.69, 9.17) is 11.6 Å². The van der Waals surface area contributed by atoms with E-state index in [0.717, 1.165) is 0 Å². The van der Waals surface area contributed by atoms with Crippen LogP contribution in [0.25, 0.3) is 0 Å². The smallest absolute Gasteiger partial charge is 0.321 e. The van der Waals surface area contributed by atoms with Crippen LogP contribution in [0.5, 0.6) is 0 Å². The van der Waals surface area contributed by atoms with Crippen LogP contribution in [-0.2, 0) is 4.79 Å². The standard InChI is InChI=1S/C17H20ClN3O4/c1-10-12(16(23)24)3-2-7-20(10)15(22)13-9-11(4-5-14(13)18)21-8-6-19-17(21)25/h4-5,9-10,12H,2-3,6-8H2,1H3,(H,19,25)(H,23,24)/t10-,12-/m1/s1. The first-order chi connectivity index (χ1) is 11.9. The molecule has 2 aliphatic rings. The molecule has 8 heteroatoms. The van der Waals surface area contributed by atoms with Crippen molar-refractivity contribution in [1.29, 1.82) is 0 Å². The Bertz CT molecular complexity index is 724. The summed E-state index contributed by atoms with van der Waals surface area (Å²) in [4.78, 5) is 39.3. The fourth-order valence-electron chi connectivity index (χ4n) is 3.48. The summed E-state index contributed by atoms with van der Waals surface area (Å²) in [6, 6.07) is 4.28. The van der Waals surface area contributed by atoms with Gasteiger partial charge < -0.3 is 15.3 Å². The minimum atomic E-state index is -0.890. The second kappa shape index (κ2) is 6.92. The third kappa shape index (κ3) is 3.28. The first-order valence-corrected chi connectivity index (χ1v) is 8.66. The predicted molar refractivity (Wildman–Crippen MR) is 93.1 cm³/mol. The third-order valence-electron chi connectivity index (χ3n) is 4.91. The molecule has 1 aromatic carbocycles. The number of carboxylic acids is 1. The SMILES string of the molecule is C[C@@H]1[C@H](C(=O)O)CCCN1C(=O)c1cc(N2CCNC2=O)ccc1Cl. The number of likely N-dealkylation sites (tertiary alicyclic amines) is 1. The van der Waals surface area contributed by atoms with Crippen molar-refractivity contribution in [2.45, 2.75) is 25.8 Å². The normalized spacial score (nSPS) is 23.5. The second-order valence-electron chi connectivity index (χ2n) is 6.37. The van der Waals surface area contributed by atoms with Crippen molar-refractivity contribution >= 4 is 35.2 Å². The molecule has 0 saturated carbocycles. The first kappa shape index (κ1) is 17.5. The Morgan fingerprint density at radius 3 is 2.72 bits per heavy atom. The van der Waals surface area contributed by atoms with Crippen molar-refractivity contribution in [2.75, 3.05) is 24.5 Å². The van der Waals surface area contributed by atoms with Crippen molar-refractivity contribution in [3.8, 4) is 0 Å². The molecule has 2 aliphatic heterocycles. The summed E-state index contributed by atoms with van der Waals surface area (Å²) >= 11 is 6.22. The number of hydrogen-bond acceptors (Lipinski definition) is 3. The van der Waals surface area contributed by atoms with Crippen LogP contribution >= 0.6 is 11.6 Å². The minimum absolute atomic E-state index is 0.210. The molecule has 0 bridgehead atoms. The quantitative estimate of drug-likeness (QED) is 0.859. The van der Waals surface area contributed by atoms with Gasteiger partial charge in [0.2, 0.25) is 0 Å². The summed E-state index contributed by atoms with van der Waals surface area (Å²) in [7, 11) is 0. The molecule has 0 spiro atoms. The van der Waals surface area contributed by atoms with E-state index in [0.29, 0.717) is 38.2 Å². The van der Waals surface area contributed by atoms with E-state index in [9.17, 15) is 19.5 Å². The monoisotopic (exact) mass is 365 g/mol. The Balaban J connectivity index is 1.88. The van der Waals surface area contributed by atoms with Crippen LogP contribution in [0.4, 0.5) is 10.5 Å². The van der Waals surface area contributed by atoms with Gasteiger partial charge in [-0.1, -0.05) is 11.6 Å². The fraction of sp³-hybridized carbons (Fsp3) is 0.471. The highest BCUT2D eigenvalue weighted by molar-refractivity contribution is 6.34. The van der Waals surface area contributed by atoms with E-state index in [-0.39, 0.29) is 22.5 Å². The molecule has 3 amide bonds. The highest BCUT2D eigenvalue weighted by Gasteiger charge is 2.36. The van der Waals surface area contributed by atoms with Crippen molar-refractivity contribution < 1.29 is 19.5 Å². The Kier molecular flexibility index (Phi) is 4.85. The van der Waals surface area contributed by atoms with Gasteiger partial charge in [-0.15, -0.1) is 0 Å². The number of nitrogens with zero attached hydrogens (tertiary/aromatic N) is 2. The van der Waals surface area contributed by atoms with E-state index in [1.807, 2.05) is 0 Å². The number of piperidine rings is 1. The number of halogens is 1. The number of carbonyl (C=O) groups is 3. The molecule has 2 saturated heterocycles. The minimum Gasteiger partial charge on any atom is -0.481 e. The number of carboxylic acid groups (broad SMARTS) is 1. The maximum atomic E-state index is 13.0. The summed E-state index contributed by atoms with van der Waals surface area (Å²) in [6.45, 7) is 3.32. The number of rotatable bonds is 3. The lowest BCUT2D eigenvalue weighted by Gasteiger charge is -2.37. The number of hydrogen-bond donors (Lipinski definition) is 2. The molecule has 2 N–H and O–H groups in total. The fourth-order valence-corrected chi connectivity index (χ4v) is 3.68. The molecule has 0 radical (unpaired) electrons. The lowest BCUT2D eigenvalue weighted by atomic mass is 9.90. The van der Waals surface area contributed by atoms with Gasteiger partial charge in [-0.2, -0.15) is 0 Å². The van der Waals surface area contributed by atoms with Gasteiger partial charge in [0.15, 0.2) is 0 Å². The summed E-state index contributed by atoms with van der Waals surface area (Å²) in [5.74, 6) is -1.77. The maximum Gasteiger partial charge on any atom is 0.321 e. The van der Waals surface area contributed by atoms with E-state index >= 15 is 0 Å². The van der Waals surface area contributed by atoms with Crippen LogP contribution in [0.2, 0.25) is 5.02 Å². The largest absolute Gasteiger partial charge is 0.481 e. The topological polar surface area (TPSA) is 89.9 Å². The number of aliphatic carboxylic acids is 1. The van der Waals surface area contributed by atoms with Crippen LogP contribution in [0.3, 0.4) is 0 Å². The third-order valence-corrected chi connectivity index (χ3v) is 5.24. The predicted octanol–water partition coefficient (Wildman–Crippen LogP) is 2.19. The molecule has 2 fully saturated rings. The van der Waals surface area contributed by atoms with Crippen molar-refractivity contribution in [2.24, 2.45) is 5.92 Å². The van der Waals surface area contributed by atoms with Gasteiger partial charge in [0.25, 0.3) is 5.91 Å². The van der Waals surface area contributed by atoms with E-state index in [2.05, 4.69) is 5.32 Å². The Morgan fingerprint density at radius 1 is 1.32 bits per heavy atom. The lowest BCUT2D eigenvalue weighted by Crippen LogP contribution is -2.49. The van der Waals surface area contributed by atoms with Gasteiger partial charge in [0.05, 0.1) is 16.5 Å². The van der Waals surface area contributed by atoms with E-state index in [1.165, 1.54) is 0 Å². The van der Waals surface area contributed by atoms with Crippen molar-refractivity contribution in [3.63, 3.8) is 0 Å². The van der Waals surface area contributed by atoms with Gasteiger partial charge in [0.1, 0.15) is 0 Å². The van der Waals surface area contributed by atoms with Crippen LogP contribution in [-0.4, -0.2) is 53.6 Å². The average Bonchev–Trinajstić information content (AvgIpc) is 3.01. The maximum absolute atomic E-state index is 13.0. The molecule has 0 aliphatic carbocycles. The molecule has 1 aromatic rings. The number of nitrogens with one attached hydrogen (secondary N) is 1. The number of amides is 3. The second-order valence-corrected chi connectivity index (χ2v) is 6.78. The number of anilines is 1. The Hall–Kier alpha value is -2.28. The summed E-state index contributed by atoms with van der Waals surface area (Å²) < 4.78 is 0. The van der Waals surface area contributed by atoms with E-state index in [1.54, 1.807) is 34.9 Å². The van der Waals surface area contributed by atoms with Gasteiger partial charge in [-0.05, 0) is 38.0 Å². The summed E-state index contributed by atoms with van der Waals surface area (Å²) in [5.41, 5.74) is 0.888. The Labute approximate surface area is 150 Å². The van der Waals surface area contributed by atoms with Gasteiger partial charge in [0, 0.05) is 31.4 Å². The molecular weight excluding hydrogens is 346 g/mol. The average molecular weight is 366 g/mol. The highest BCUT2D eigenvalue weighted by atomic mass is 35.5.